The molecular weight excluding hydrogens is 272 g/mol. The van der Waals surface area contributed by atoms with E-state index >= 15 is 0 Å². The highest BCUT2D eigenvalue weighted by molar-refractivity contribution is 6.31. The Morgan fingerprint density at radius 2 is 1.85 bits per heavy atom. The molecule has 3 nitrogen and oxygen atoms in total. The summed E-state index contributed by atoms with van der Waals surface area (Å²) in [6, 6.07) is 15.5. The molecule has 4 heteroatoms. The molecule has 0 spiro atoms. The van der Waals surface area contributed by atoms with Crippen LogP contribution in [-0.4, -0.2) is 14.9 Å². The minimum atomic E-state index is -0.666. The molecule has 20 heavy (non-hydrogen) atoms. The van der Waals surface area contributed by atoms with Crippen LogP contribution >= 0.6 is 11.6 Å². The molecule has 0 saturated carbocycles. The fraction of sp³-hybridized carbons (Fsp3) is 0.188. The topological polar surface area (TPSA) is 38.0 Å². The fourth-order valence-electron chi connectivity index (χ4n) is 2.46. The van der Waals surface area contributed by atoms with E-state index in [0.29, 0.717) is 17.1 Å². The third kappa shape index (κ3) is 2.30. The zero-order valence-electron chi connectivity index (χ0n) is 11.1. The van der Waals surface area contributed by atoms with Gasteiger partial charge in [-0.3, -0.25) is 4.68 Å². The van der Waals surface area contributed by atoms with Gasteiger partial charge >= 0.3 is 0 Å². The number of hydrogen-bond donors (Lipinski definition) is 1. The first-order valence-corrected chi connectivity index (χ1v) is 6.87. The predicted octanol–water partition coefficient (Wildman–Crippen LogP) is 3.50. The van der Waals surface area contributed by atoms with Gasteiger partial charge in [-0.25, -0.2) is 0 Å². The van der Waals surface area contributed by atoms with Crippen LogP contribution in [0, 0.1) is 0 Å². The Bertz CT molecular complexity index is 751. The van der Waals surface area contributed by atoms with Gasteiger partial charge in [0.25, 0.3) is 0 Å². The van der Waals surface area contributed by atoms with E-state index in [1.165, 1.54) is 0 Å². The number of hydrogen-bond acceptors (Lipinski definition) is 2. The Balaban J connectivity index is 1.97. The van der Waals surface area contributed by atoms with Crippen molar-refractivity contribution >= 4 is 22.5 Å². The van der Waals surface area contributed by atoms with Gasteiger partial charge in [-0.1, -0.05) is 48.0 Å². The van der Waals surface area contributed by atoms with Crippen LogP contribution in [-0.2, 0) is 13.5 Å². The van der Waals surface area contributed by atoms with Gasteiger partial charge in [-0.2, -0.15) is 5.10 Å². The highest BCUT2D eigenvalue weighted by Crippen LogP contribution is 2.27. The molecule has 102 valence electrons. The molecule has 3 aromatic rings. The first-order chi connectivity index (χ1) is 9.66. The van der Waals surface area contributed by atoms with Crippen LogP contribution in [0.2, 0.25) is 5.02 Å². The number of aromatic nitrogens is 2. The van der Waals surface area contributed by atoms with Crippen molar-refractivity contribution in [1.29, 1.82) is 0 Å². The van der Waals surface area contributed by atoms with Crippen LogP contribution < -0.4 is 0 Å². The van der Waals surface area contributed by atoms with E-state index in [1.54, 1.807) is 4.68 Å². The zero-order valence-corrected chi connectivity index (χ0v) is 11.9. The minimum absolute atomic E-state index is 0.459. The van der Waals surface area contributed by atoms with Gasteiger partial charge in [0.1, 0.15) is 6.10 Å². The summed E-state index contributed by atoms with van der Waals surface area (Å²) in [6.45, 7) is 0. The molecule has 0 aliphatic heterocycles. The van der Waals surface area contributed by atoms with Crippen LogP contribution in [0.5, 0.6) is 0 Å². The maximum Gasteiger partial charge on any atom is 0.102 e. The number of halogens is 1. The molecule has 0 fully saturated rings. The molecule has 1 heterocycles. The zero-order chi connectivity index (χ0) is 14.1. The van der Waals surface area contributed by atoms with Crippen molar-refractivity contribution < 1.29 is 5.11 Å². The normalized spacial score (nSPS) is 12.8. The van der Waals surface area contributed by atoms with Crippen molar-refractivity contribution in [3.05, 3.63) is 64.8 Å². The highest BCUT2D eigenvalue weighted by atomic mass is 35.5. The van der Waals surface area contributed by atoms with Crippen molar-refractivity contribution in [2.24, 2.45) is 7.05 Å². The number of rotatable bonds is 3. The van der Waals surface area contributed by atoms with E-state index in [-0.39, 0.29) is 0 Å². The summed E-state index contributed by atoms with van der Waals surface area (Å²) in [6.07, 6.45) is -0.207. The van der Waals surface area contributed by atoms with E-state index in [0.717, 1.165) is 16.5 Å². The standard InChI is InChI=1S/C16H15ClN2O/c1-19-14-9-5-3-7-12(14)16(18-19)15(20)10-11-6-2-4-8-13(11)17/h2-9,15,20H,10H2,1H3. The quantitative estimate of drug-likeness (QED) is 0.800. The summed E-state index contributed by atoms with van der Waals surface area (Å²) in [5.74, 6) is 0. The first-order valence-electron chi connectivity index (χ1n) is 6.50. The second kappa shape index (κ2) is 5.27. The molecule has 3 rings (SSSR count). The summed E-state index contributed by atoms with van der Waals surface area (Å²) in [7, 11) is 1.88. The Kier molecular flexibility index (Phi) is 3.47. The van der Waals surface area contributed by atoms with Crippen LogP contribution in [0.25, 0.3) is 10.9 Å². The molecule has 1 aromatic heterocycles. The summed E-state index contributed by atoms with van der Waals surface area (Å²) < 4.78 is 1.79. The molecule has 1 unspecified atom stereocenters. The average molecular weight is 287 g/mol. The second-order valence-corrected chi connectivity index (χ2v) is 5.24. The summed E-state index contributed by atoms with van der Waals surface area (Å²) in [5, 5.41) is 16.6. The van der Waals surface area contributed by atoms with Crippen LogP contribution in [0.1, 0.15) is 17.4 Å². The van der Waals surface area contributed by atoms with Crippen molar-refractivity contribution in [1.82, 2.24) is 9.78 Å². The number of benzene rings is 2. The third-order valence-corrected chi connectivity index (χ3v) is 3.84. The van der Waals surface area contributed by atoms with Crippen molar-refractivity contribution in [3.8, 4) is 0 Å². The average Bonchev–Trinajstić information content (AvgIpc) is 2.79. The van der Waals surface area contributed by atoms with Gasteiger partial charge in [-0.15, -0.1) is 0 Å². The molecule has 1 atom stereocenters. The van der Waals surface area contributed by atoms with Gasteiger partial charge in [-0.05, 0) is 17.7 Å². The summed E-state index contributed by atoms with van der Waals surface area (Å²) in [4.78, 5) is 0. The molecule has 0 bridgehead atoms. The minimum Gasteiger partial charge on any atom is -0.386 e. The van der Waals surface area contributed by atoms with E-state index in [2.05, 4.69) is 5.10 Å². The Morgan fingerprint density at radius 1 is 1.15 bits per heavy atom. The second-order valence-electron chi connectivity index (χ2n) is 4.84. The number of nitrogens with zero attached hydrogens (tertiary/aromatic N) is 2. The Labute approximate surface area is 122 Å². The maximum atomic E-state index is 10.5. The Hall–Kier alpha value is -1.84. The molecule has 1 N–H and O–H groups in total. The smallest absolute Gasteiger partial charge is 0.102 e. The number of aliphatic hydroxyl groups is 1. The van der Waals surface area contributed by atoms with E-state index in [9.17, 15) is 5.11 Å². The molecule has 2 aromatic carbocycles. The molecule has 0 aliphatic carbocycles. The van der Waals surface area contributed by atoms with E-state index < -0.39 is 6.10 Å². The Morgan fingerprint density at radius 3 is 2.65 bits per heavy atom. The van der Waals surface area contributed by atoms with Gasteiger partial charge in [0, 0.05) is 23.9 Å². The van der Waals surface area contributed by atoms with Gasteiger partial charge in [0.05, 0.1) is 11.2 Å². The van der Waals surface area contributed by atoms with Crippen LogP contribution in [0.3, 0.4) is 0 Å². The van der Waals surface area contributed by atoms with Gasteiger partial charge < -0.3 is 5.11 Å². The van der Waals surface area contributed by atoms with Crippen molar-refractivity contribution in [3.63, 3.8) is 0 Å². The molecule has 0 saturated heterocycles. The first kappa shape index (κ1) is 13.2. The lowest BCUT2D eigenvalue weighted by Crippen LogP contribution is -2.04. The number of aryl methyl sites for hydroxylation is 1. The lowest BCUT2D eigenvalue weighted by Gasteiger charge is -2.10. The lowest BCUT2D eigenvalue weighted by atomic mass is 10.0. The fourth-order valence-corrected chi connectivity index (χ4v) is 2.67. The lowest BCUT2D eigenvalue weighted by molar-refractivity contribution is 0.174. The van der Waals surface area contributed by atoms with Gasteiger partial charge in [0.15, 0.2) is 0 Å². The largest absolute Gasteiger partial charge is 0.386 e. The SMILES string of the molecule is Cn1nc(C(O)Cc2ccccc2Cl)c2ccccc21. The molecule has 0 aliphatic rings. The number of para-hydroxylation sites is 1. The van der Waals surface area contributed by atoms with Crippen LogP contribution in [0.4, 0.5) is 0 Å². The highest BCUT2D eigenvalue weighted by Gasteiger charge is 2.17. The van der Waals surface area contributed by atoms with Crippen LogP contribution in [0.15, 0.2) is 48.5 Å². The summed E-state index contributed by atoms with van der Waals surface area (Å²) >= 11 is 6.14. The van der Waals surface area contributed by atoms with Gasteiger partial charge in [0.2, 0.25) is 0 Å². The van der Waals surface area contributed by atoms with E-state index in [1.807, 2.05) is 55.6 Å². The van der Waals surface area contributed by atoms with E-state index in [4.69, 9.17) is 11.6 Å². The maximum absolute atomic E-state index is 10.5. The van der Waals surface area contributed by atoms with Crippen molar-refractivity contribution in [2.75, 3.05) is 0 Å². The molecule has 0 amide bonds. The molecular formula is C16H15ClN2O. The van der Waals surface area contributed by atoms with Crippen molar-refractivity contribution in [2.45, 2.75) is 12.5 Å². The third-order valence-electron chi connectivity index (χ3n) is 3.47. The number of fused-ring (bicyclic) bond motifs is 1. The predicted molar refractivity (Wildman–Crippen MR) is 80.8 cm³/mol. The summed E-state index contributed by atoms with van der Waals surface area (Å²) in [5.41, 5.74) is 2.64. The monoisotopic (exact) mass is 286 g/mol. The number of aliphatic hydroxyl groups excluding tert-OH is 1. The molecule has 0 radical (unpaired) electrons.